The molecule has 0 aliphatic carbocycles. The van der Waals surface area contributed by atoms with Gasteiger partial charge < -0.3 is 10.6 Å². The van der Waals surface area contributed by atoms with Gasteiger partial charge in [0.1, 0.15) is 0 Å². The molecule has 3 N–H and O–H groups in total. The smallest absolute Gasteiger partial charge is 0.220 e. The van der Waals surface area contributed by atoms with Crippen LogP contribution in [0, 0.1) is 0 Å². The van der Waals surface area contributed by atoms with Crippen molar-refractivity contribution in [3.8, 4) is 0 Å². The second-order valence-corrected chi connectivity index (χ2v) is 5.87. The number of para-hydroxylation sites is 1. The van der Waals surface area contributed by atoms with Gasteiger partial charge in [0, 0.05) is 24.4 Å². The number of nitrogens with one attached hydrogen (secondary N) is 3. The molecule has 106 valence electrons. The van der Waals surface area contributed by atoms with Crippen molar-refractivity contribution in [2.75, 3.05) is 6.54 Å². The predicted octanol–water partition coefficient (Wildman–Crippen LogP) is 1.88. The zero-order valence-electron chi connectivity index (χ0n) is 11.9. The predicted molar refractivity (Wildman–Crippen MR) is 78.3 cm³/mol. The lowest BCUT2D eigenvalue weighted by Crippen LogP contribution is -2.47. The summed E-state index contributed by atoms with van der Waals surface area (Å²) in [6, 6.07) is 8.25. The molecule has 2 unspecified atom stereocenters. The van der Waals surface area contributed by atoms with Crippen molar-refractivity contribution in [1.29, 1.82) is 0 Å². The number of hydrogen-bond acceptors (Lipinski definition) is 3. The van der Waals surface area contributed by atoms with E-state index in [9.17, 15) is 4.79 Å². The summed E-state index contributed by atoms with van der Waals surface area (Å²) in [6.45, 7) is 4.95. The summed E-state index contributed by atoms with van der Waals surface area (Å²) < 4.78 is 0. The van der Waals surface area contributed by atoms with E-state index in [1.54, 1.807) is 0 Å². The highest BCUT2D eigenvalue weighted by molar-refractivity contribution is 5.81. The van der Waals surface area contributed by atoms with Crippen molar-refractivity contribution in [2.24, 2.45) is 0 Å². The van der Waals surface area contributed by atoms with Crippen LogP contribution in [0.25, 0.3) is 10.9 Å². The van der Waals surface area contributed by atoms with Gasteiger partial charge >= 0.3 is 0 Å². The monoisotopic (exact) mass is 272 g/mol. The number of benzene rings is 1. The molecule has 0 bridgehead atoms. The van der Waals surface area contributed by atoms with E-state index in [1.165, 1.54) is 0 Å². The molecule has 2 heterocycles. The second-order valence-electron chi connectivity index (χ2n) is 5.87. The number of carbonyl (C=O) groups excluding carboxylic acids is 1. The topological polar surface area (TPSA) is 69.8 Å². The highest BCUT2D eigenvalue weighted by Crippen LogP contribution is 2.23. The minimum absolute atomic E-state index is 0.138. The molecule has 0 spiro atoms. The summed E-state index contributed by atoms with van der Waals surface area (Å²) >= 11 is 0. The number of rotatable bonds is 4. The standard InChI is InChI=1S/C15H20N4O/c1-10(16-9-15(2)8-7-13(20)17-15)14-11-5-3-4-6-12(11)18-19-14/h3-6,10,16H,7-9H2,1-2H3,(H,17,20)(H,18,19). The summed E-state index contributed by atoms with van der Waals surface area (Å²) in [7, 11) is 0. The number of amides is 1. The van der Waals surface area contributed by atoms with Crippen molar-refractivity contribution in [2.45, 2.75) is 38.3 Å². The average Bonchev–Trinajstić information content (AvgIpc) is 3.00. The van der Waals surface area contributed by atoms with Crippen LogP contribution in [0.2, 0.25) is 0 Å². The fourth-order valence-corrected chi connectivity index (χ4v) is 2.77. The number of aromatic amines is 1. The van der Waals surface area contributed by atoms with Gasteiger partial charge in [-0.3, -0.25) is 9.89 Å². The van der Waals surface area contributed by atoms with Crippen molar-refractivity contribution in [3.63, 3.8) is 0 Å². The zero-order valence-corrected chi connectivity index (χ0v) is 11.9. The van der Waals surface area contributed by atoms with Gasteiger partial charge in [-0.2, -0.15) is 5.10 Å². The first-order chi connectivity index (χ1) is 9.57. The van der Waals surface area contributed by atoms with Crippen LogP contribution in [-0.4, -0.2) is 28.2 Å². The van der Waals surface area contributed by atoms with E-state index in [-0.39, 0.29) is 17.5 Å². The summed E-state index contributed by atoms with van der Waals surface area (Å²) in [4.78, 5) is 11.4. The minimum Gasteiger partial charge on any atom is -0.350 e. The van der Waals surface area contributed by atoms with Crippen LogP contribution in [0.15, 0.2) is 24.3 Å². The van der Waals surface area contributed by atoms with E-state index in [0.29, 0.717) is 6.42 Å². The van der Waals surface area contributed by atoms with E-state index < -0.39 is 0 Å². The van der Waals surface area contributed by atoms with Gasteiger partial charge in [0.15, 0.2) is 0 Å². The molecule has 1 saturated heterocycles. The Kier molecular flexibility index (Phi) is 3.22. The third kappa shape index (κ3) is 2.41. The Labute approximate surface area is 118 Å². The van der Waals surface area contributed by atoms with E-state index in [1.807, 2.05) is 18.2 Å². The summed E-state index contributed by atoms with van der Waals surface area (Å²) in [5.41, 5.74) is 1.94. The number of carbonyl (C=O) groups is 1. The minimum atomic E-state index is -0.138. The molecule has 1 amide bonds. The second kappa shape index (κ2) is 4.90. The van der Waals surface area contributed by atoms with Crippen LogP contribution < -0.4 is 10.6 Å². The van der Waals surface area contributed by atoms with Gasteiger partial charge in [-0.05, 0) is 26.3 Å². The average molecular weight is 272 g/mol. The van der Waals surface area contributed by atoms with Gasteiger partial charge in [0.05, 0.1) is 16.7 Å². The highest BCUT2D eigenvalue weighted by atomic mass is 16.2. The Morgan fingerprint density at radius 1 is 1.45 bits per heavy atom. The number of nitrogens with zero attached hydrogens (tertiary/aromatic N) is 1. The van der Waals surface area contributed by atoms with Crippen LogP contribution in [0.5, 0.6) is 0 Å². The Balaban J connectivity index is 1.70. The Bertz CT molecular complexity index is 636. The third-order valence-corrected chi connectivity index (χ3v) is 4.07. The molecular weight excluding hydrogens is 252 g/mol. The number of H-pyrrole nitrogens is 1. The number of hydrogen-bond donors (Lipinski definition) is 3. The molecule has 0 saturated carbocycles. The Morgan fingerprint density at radius 3 is 3.00 bits per heavy atom. The molecule has 1 aromatic heterocycles. The molecule has 20 heavy (non-hydrogen) atoms. The van der Waals surface area contributed by atoms with Crippen LogP contribution in [-0.2, 0) is 4.79 Å². The summed E-state index contributed by atoms with van der Waals surface area (Å²) in [6.07, 6.45) is 1.51. The van der Waals surface area contributed by atoms with E-state index in [0.717, 1.165) is 29.6 Å². The molecule has 5 heteroatoms. The van der Waals surface area contributed by atoms with E-state index in [2.05, 4.69) is 40.7 Å². The lowest BCUT2D eigenvalue weighted by molar-refractivity contribution is -0.119. The van der Waals surface area contributed by atoms with Crippen molar-refractivity contribution >= 4 is 16.8 Å². The van der Waals surface area contributed by atoms with Gasteiger partial charge in [0.25, 0.3) is 0 Å². The molecule has 1 aliphatic heterocycles. The van der Waals surface area contributed by atoms with Gasteiger partial charge in [-0.25, -0.2) is 0 Å². The molecule has 0 radical (unpaired) electrons. The first-order valence-corrected chi connectivity index (χ1v) is 7.05. The molecule has 1 aromatic carbocycles. The molecular formula is C15H20N4O. The van der Waals surface area contributed by atoms with Crippen LogP contribution in [0.3, 0.4) is 0 Å². The normalized spacial score (nSPS) is 24.0. The molecule has 3 rings (SSSR count). The number of fused-ring (bicyclic) bond motifs is 1. The lowest BCUT2D eigenvalue weighted by atomic mass is 9.99. The zero-order chi connectivity index (χ0) is 14.2. The Morgan fingerprint density at radius 2 is 2.25 bits per heavy atom. The first kappa shape index (κ1) is 13.1. The van der Waals surface area contributed by atoms with Crippen LogP contribution >= 0.6 is 0 Å². The SMILES string of the molecule is CC(NCC1(C)CCC(=O)N1)c1[nH]nc2ccccc12. The summed E-state index contributed by atoms with van der Waals surface area (Å²) in [5, 5.41) is 15.1. The number of aromatic nitrogens is 2. The molecule has 5 nitrogen and oxygen atoms in total. The molecule has 1 aliphatic rings. The van der Waals surface area contributed by atoms with Gasteiger partial charge in [0.2, 0.25) is 5.91 Å². The first-order valence-electron chi connectivity index (χ1n) is 7.05. The van der Waals surface area contributed by atoms with E-state index >= 15 is 0 Å². The fraction of sp³-hybridized carbons (Fsp3) is 0.467. The lowest BCUT2D eigenvalue weighted by Gasteiger charge is -2.26. The van der Waals surface area contributed by atoms with Crippen molar-refractivity contribution in [3.05, 3.63) is 30.0 Å². The maximum atomic E-state index is 11.4. The highest BCUT2D eigenvalue weighted by Gasteiger charge is 2.33. The van der Waals surface area contributed by atoms with Crippen LogP contribution in [0.1, 0.15) is 38.4 Å². The summed E-state index contributed by atoms with van der Waals surface area (Å²) in [5.74, 6) is 0.147. The molecule has 2 atom stereocenters. The maximum Gasteiger partial charge on any atom is 0.220 e. The fourth-order valence-electron chi connectivity index (χ4n) is 2.77. The van der Waals surface area contributed by atoms with Gasteiger partial charge in [-0.15, -0.1) is 0 Å². The third-order valence-electron chi connectivity index (χ3n) is 4.07. The quantitative estimate of drug-likeness (QED) is 0.796. The van der Waals surface area contributed by atoms with Crippen LogP contribution in [0.4, 0.5) is 0 Å². The van der Waals surface area contributed by atoms with Crippen molar-refractivity contribution in [1.82, 2.24) is 20.8 Å². The van der Waals surface area contributed by atoms with Gasteiger partial charge in [-0.1, -0.05) is 18.2 Å². The van der Waals surface area contributed by atoms with Crippen molar-refractivity contribution < 1.29 is 4.79 Å². The maximum absolute atomic E-state index is 11.4. The largest absolute Gasteiger partial charge is 0.350 e. The van der Waals surface area contributed by atoms with E-state index in [4.69, 9.17) is 0 Å². The Hall–Kier alpha value is -1.88. The molecule has 2 aromatic rings. The molecule has 1 fully saturated rings.